The minimum Gasteiger partial charge on any atom is -0.402 e. The van der Waals surface area contributed by atoms with E-state index >= 15 is 0 Å². The van der Waals surface area contributed by atoms with Gasteiger partial charge in [-0.1, -0.05) is 27.7 Å². The summed E-state index contributed by atoms with van der Waals surface area (Å²) >= 11 is 0. The lowest BCUT2D eigenvalue weighted by Gasteiger charge is -2.14. The van der Waals surface area contributed by atoms with Crippen LogP contribution in [-0.4, -0.2) is 5.78 Å². The second-order valence-electron chi connectivity index (χ2n) is 4.07. The molecule has 0 saturated heterocycles. The number of hydrogen-bond acceptors (Lipinski definition) is 2. The van der Waals surface area contributed by atoms with Gasteiger partial charge in [-0.15, -0.1) is 0 Å². The first kappa shape index (κ1) is 14.2. The Labute approximate surface area is 93.9 Å². The van der Waals surface area contributed by atoms with Crippen molar-refractivity contribution in [2.75, 3.05) is 0 Å². The summed E-state index contributed by atoms with van der Waals surface area (Å²) in [6.07, 6.45) is 5.49. The van der Waals surface area contributed by atoms with E-state index in [0.717, 1.165) is 31.4 Å². The Morgan fingerprint density at radius 2 is 1.40 bits per heavy atom. The van der Waals surface area contributed by atoms with E-state index < -0.39 is 0 Å². The third-order valence-corrected chi connectivity index (χ3v) is 3.15. The van der Waals surface area contributed by atoms with Crippen molar-refractivity contribution >= 4 is 5.78 Å². The molecule has 0 bridgehead atoms. The number of allylic oxidation sites excluding steroid dienone is 2. The van der Waals surface area contributed by atoms with E-state index in [1.165, 1.54) is 0 Å². The first-order chi connectivity index (χ1) is 7.10. The van der Waals surface area contributed by atoms with Crippen LogP contribution in [0.4, 0.5) is 0 Å². The third-order valence-electron chi connectivity index (χ3n) is 3.15. The number of carbonyl (C=O) groups excluding carboxylic acids is 1. The van der Waals surface area contributed by atoms with Crippen LogP contribution in [-0.2, 0) is 4.79 Å². The molecule has 0 atom stereocenters. The van der Waals surface area contributed by atoms with Crippen LogP contribution in [0.25, 0.3) is 0 Å². The Morgan fingerprint density at radius 3 is 1.73 bits per heavy atom. The number of rotatable bonds is 7. The van der Waals surface area contributed by atoms with Crippen LogP contribution in [0.5, 0.6) is 0 Å². The van der Waals surface area contributed by atoms with Crippen LogP contribution in [0, 0.1) is 11.8 Å². The minimum absolute atomic E-state index is 0.151. The first-order valence-electron chi connectivity index (χ1n) is 6.11. The predicted octanol–water partition coefficient (Wildman–Crippen LogP) is 3.27. The SMILES string of the molecule is CCC(CC)C(=O)/C=C(\N)C(CC)CC. The first-order valence-corrected chi connectivity index (χ1v) is 6.11. The van der Waals surface area contributed by atoms with Crippen LogP contribution in [0.2, 0.25) is 0 Å². The van der Waals surface area contributed by atoms with Gasteiger partial charge in [-0.2, -0.15) is 0 Å². The van der Waals surface area contributed by atoms with E-state index in [1.807, 2.05) is 13.8 Å². The largest absolute Gasteiger partial charge is 0.402 e. The van der Waals surface area contributed by atoms with Crippen LogP contribution in [0.15, 0.2) is 11.8 Å². The molecule has 0 aliphatic rings. The zero-order valence-electron chi connectivity index (χ0n) is 10.5. The summed E-state index contributed by atoms with van der Waals surface area (Å²) in [4.78, 5) is 11.8. The van der Waals surface area contributed by atoms with Gasteiger partial charge in [0.2, 0.25) is 0 Å². The average Bonchev–Trinajstić information content (AvgIpc) is 2.21. The fraction of sp³-hybridized carbons (Fsp3) is 0.769. The van der Waals surface area contributed by atoms with E-state index in [2.05, 4.69) is 13.8 Å². The molecule has 15 heavy (non-hydrogen) atoms. The Morgan fingerprint density at radius 1 is 1.00 bits per heavy atom. The third kappa shape index (κ3) is 4.50. The molecule has 0 unspecified atom stereocenters. The monoisotopic (exact) mass is 211 g/mol. The fourth-order valence-electron chi connectivity index (χ4n) is 1.85. The summed E-state index contributed by atoms with van der Waals surface area (Å²) in [6.45, 7) is 8.31. The van der Waals surface area contributed by atoms with E-state index in [4.69, 9.17) is 5.73 Å². The fourth-order valence-corrected chi connectivity index (χ4v) is 1.85. The Hall–Kier alpha value is -0.790. The molecule has 88 valence electrons. The summed E-state index contributed by atoms with van der Waals surface area (Å²) in [5.74, 6) is 0.714. The van der Waals surface area contributed by atoms with Gasteiger partial charge >= 0.3 is 0 Å². The Balaban J connectivity index is 4.51. The van der Waals surface area contributed by atoms with Crippen LogP contribution >= 0.6 is 0 Å². The minimum atomic E-state index is 0.151. The molecule has 2 nitrogen and oxygen atoms in total. The molecule has 0 radical (unpaired) electrons. The van der Waals surface area contributed by atoms with Crippen molar-refractivity contribution in [1.29, 1.82) is 0 Å². The van der Waals surface area contributed by atoms with E-state index in [1.54, 1.807) is 6.08 Å². The maximum atomic E-state index is 11.8. The highest BCUT2D eigenvalue weighted by molar-refractivity contribution is 5.92. The zero-order chi connectivity index (χ0) is 11.8. The molecular weight excluding hydrogens is 186 g/mol. The Kier molecular flexibility index (Phi) is 7.10. The van der Waals surface area contributed by atoms with Crippen molar-refractivity contribution in [3.05, 3.63) is 11.8 Å². The molecule has 0 fully saturated rings. The second-order valence-corrected chi connectivity index (χ2v) is 4.07. The molecule has 0 spiro atoms. The molecule has 0 aliphatic carbocycles. The molecule has 2 heteroatoms. The molecule has 2 N–H and O–H groups in total. The molecule has 0 heterocycles. The molecule has 0 aromatic heterocycles. The van der Waals surface area contributed by atoms with Gasteiger partial charge in [0.25, 0.3) is 0 Å². The summed E-state index contributed by atoms with van der Waals surface area (Å²) in [7, 11) is 0. The van der Waals surface area contributed by atoms with Crippen molar-refractivity contribution < 1.29 is 4.79 Å². The van der Waals surface area contributed by atoms with Crippen LogP contribution in [0.1, 0.15) is 53.4 Å². The second kappa shape index (κ2) is 7.49. The van der Waals surface area contributed by atoms with Gasteiger partial charge in [0.1, 0.15) is 0 Å². The molecule has 0 rings (SSSR count). The molecule has 0 aromatic rings. The van der Waals surface area contributed by atoms with Crippen molar-refractivity contribution in [2.45, 2.75) is 53.4 Å². The van der Waals surface area contributed by atoms with Gasteiger partial charge in [0.05, 0.1) is 0 Å². The van der Waals surface area contributed by atoms with Crippen molar-refractivity contribution in [3.63, 3.8) is 0 Å². The highest BCUT2D eigenvalue weighted by Gasteiger charge is 2.14. The average molecular weight is 211 g/mol. The van der Waals surface area contributed by atoms with Crippen LogP contribution < -0.4 is 5.73 Å². The highest BCUT2D eigenvalue weighted by atomic mass is 16.1. The van der Waals surface area contributed by atoms with Gasteiger partial charge in [0.15, 0.2) is 5.78 Å². The maximum Gasteiger partial charge on any atom is 0.160 e. The normalized spacial score (nSPS) is 12.5. The summed E-state index contributed by atoms with van der Waals surface area (Å²) in [5.41, 5.74) is 6.69. The van der Waals surface area contributed by atoms with Gasteiger partial charge in [-0.3, -0.25) is 4.79 Å². The van der Waals surface area contributed by atoms with Gasteiger partial charge in [-0.25, -0.2) is 0 Å². The summed E-state index contributed by atoms with van der Waals surface area (Å²) < 4.78 is 0. The number of nitrogens with two attached hydrogens (primary N) is 1. The zero-order valence-corrected chi connectivity index (χ0v) is 10.5. The molecular formula is C13H25NO. The van der Waals surface area contributed by atoms with Crippen LogP contribution in [0.3, 0.4) is 0 Å². The lowest BCUT2D eigenvalue weighted by molar-refractivity contribution is -0.118. The number of carbonyl (C=O) groups is 1. The highest BCUT2D eigenvalue weighted by Crippen LogP contribution is 2.17. The lowest BCUT2D eigenvalue weighted by Crippen LogP contribution is -2.16. The van der Waals surface area contributed by atoms with E-state index in [9.17, 15) is 4.79 Å². The molecule has 0 aromatic carbocycles. The molecule has 0 saturated carbocycles. The van der Waals surface area contributed by atoms with E-state index in [-0.39, 0.29) is 11.7 Å². The lowest BCUT2D eigenvalue weighted by atomic mass is 9.93. The molecule has 0 amide bonds. The van der Waals surface area contributed by atoms with Crippen molar-refractivity contribution in [1.82, 2.24) is 0 Å². The quantitative estimate of drug-likeness (QED) is 0.657. The number of ketones is 1. The van der Waals surface area contributed by atoms with E-state index in [0.29, 0.717) is 5.92 Å². The predicted molar refractivity (Wildman–Crippen MR) is 65.4 cm³/mol. The van der Waals surface area contributed by atoms with Gasteiger partial charge < -0.3 is 5.73 Å². The smallest absolute Gasteiger partial charge is 0.160 e. The van der Waals surface area contributed by atoms with Crippen molar-refractivity contribution in [3.8, 4) is 0 Å². The van der Waals surface area contributed by atoms with Gasteiger partial charge in [0, 0.05) is 17.7 Å². The standard InChI is InChI=1S/C13H25NO/c1-5-10(6-2)12(14)9-13(15)11(7-3)8-4/h9-11H,5-8,14H2,1-4H3/b12-9-. The number of hydrogen-bond donors (Lipinski definition) is 1. The Bertz CT molecular complexity index is 213. The molecule has 0 aliphatic heterocycles. The van der Waals surface area contributed by atoms with Crippen molar-refractivity contribution in [2.24, 2.45) is 17.6 Å². The summed E-state index contributed by atoms with van der Waals surface area (Å²) in [6, 6.07) is 0. The summed E-state index contributed by atoms with van der Waals surface area (Å²) in [5, 5.41) is 0. The van der Waals surface area contributed by atoms with Gasteiger partial charge in [-0.05, 0) is 31.6 Å². The topological polar surface area (TPSA) is 43.1 Å². The maximum absolute atomic E-state index is 11.8.